The minimum atomic E-state index is -1.45. The molecule has 10 nitrogen and oxygen atoms in total. The lowest BCUT2D eigenvalue weighted by Gasteiger charge is -2.35. The molecular formula is C23H24FN7O3S. The minimum Gasteiger partial charge on any atom is -0.486 e. The molecule has 0 aromatic carbocycles. The molecule has 1 amide bonds. The number of alkyl halides is 1. The lowest BCUT2D eigenvalue weighted by molar-refractivity contribution is -0.143. The van der Waals surface area contributed by atoms with Gasteiger partial charge in [-0.1, -0.05) is 6.08 Å². The summed E-state index contributed by atoms with van der Waals surface area (Å²) in [5.41, 5.74) is 1.01. The molecule has 35 heavy (non-hydrogen) atoms. The Labute approximate surface area is 205 Å². The van der Waals surface area contributed by atoms with Crippen LogP contribution < -0.4 is 5.32 Å². The van der Waals surface area contributed by atoms with Crippen molar-refractivity contribution >= 4 is 33.8 Å². The molecule has 0 bridgehead atoms. The first-order valence-corrected chi connectivity index (χ1v) is 11.8. The van der Waals surface area contributed by atoms with E-state index in [0.29, 0.717) is 22.9 Å². The van der Waals surface area contributed by atoms with Crippen molar-refractivity contribution in [2.45, 2.75) is 45.1 Å². The van der Waals surface area contributed by atoms with Gasteiger partial charge in [0.15, 0.2) is 12.0 Å². The van der Waals surface area contributed by atoms with Crippen molar-refractivity contribution in [3.63, 3.8) is 0 Å². The van der Waals surface area contributed by atoms with Gasteiger partial charge in [0.25, 0.3) is 5.91 Å². The van der Waals surface area contributed by atoms with Crippen LogP contribution in [-0.4, -0.2) is 67.3 Å². The summed E-state index contributed by atoms with van der Waals surface area (Å²) in [6.07, 6.45) is 5.29. The Morgan fingerprint density at radius 2 is 2.23 bits per heavy atom. The Morgan fingerprint density at radius 1 is 1.40 bits per heavy atom. The molecule has 12 heteroatoms. The number of carbonyl (C=O) groups is 1. The number of aromatic nitrogens is 4. The van der Waals surface area contributed by atoms with Crippen LogP contribution in [0.5, 0.6) is 0 Å². The van der Waals surface area contributed by atoms with E-state index in [1.165, 1.54) is 29.5 Å². The number of ether oxygens (including phenoxy) is 1. The van der Waals surface area contributed by atoms with E-state index in [0.717, 1.165) is 10.0 Å². The molecule has 3 atom stereocenters. The minimum absolute atomic E-state index is 0.170. The van der Waals surface area contributed by atoms with Crippen LogP contribution >= 0.6 is 11.3 Å². The normalized spacial score (nSPS) is 21.1. The zero-order chi connectivity index (χ0) is 24.9. The van der Waals surface area contributed by atoms with Crippen LogP contribution in [0.15, 0.2) is 42.1 Å². The number of nitriles is 1. The van der Waals surface area contributed by atoms with Gasteiger partial charge in [0.2, 0.25) is 5.95 Å². The van der Waals surface area contributed by atoms with E-state index in [-0.39, 0.29) is 31.7 Å². The lowest BCUT2D eigenvalue weighted by atomic mass is 10.0. The average molecular weight is 498 g/mol. The predicted octanol–water partition coefficient (Wildman–Crippen LogP) is 2.84. The maximum Gasteiger partial charge on any atom is 0.251 e. The van der Waals surface area contributed by atoms with Crippen molar-refractivity contribution in [3.8, 4) is 6.07 Å². The number of rotatable bonds is 6. The number of carbonyl (C=O) groups excluding carboxylic acids is 1. The number of hydrogen-bond donors (Lipinski definition) is 2. The maximum atomic E-state index is 14.8. The number of hydrogen-bond acceptors (Lipinski definition) is 10. The molecule has 4 rings (SSSR count). The van der Waals surface area contributed by atoms with Crippen molar-refractivity contribution in [2.24, 2.45) is 0 Å². The van der Waals surface area contributed by atoms with Gasteiger partial charge >= 0.3 is 0 Å². The van der Waals surface area contributed by atoms with Gasteiger partial charge in [-0.05, 0) is 26.0 Å². The molecule has 0 unspecified atom stereocenters. The van der Waals surface area contributed by atoms with Gasteiger partial charge < -0.3 is 20.1 Å². The average Bonchev–Trinajstić information content (AvgIpc) is 3.14. The number of aliphatic hydroxyl groups excluding tert-OH is 1. The zero-order valence-electron chi connectivity index (χ0n) is 19.2. The van der Waals surface area contributed by atoms with Gasteiger partial charge in [-0.2, -0.15) is 10.2 Å². The highest BCUT2D eigenvalue weighted by Crippen LogP contribution is 2.28. The standard InChI is InChI=1S/C23H24FN7O3S/c1-13(32)22(33)31-8-7-19(17(24)11-31)34-18-6-5-15(3-4-16(18)9-25)21-27-12-28-23(30-21)29-20-10-26-14(2)35-20/h3,5-6,10,12-13,17,19,32H,4,7-8,11H2,1-2H3,(H,27,28,29,30)/t13-,17+,19-/m0/s1. The Morgan fingerprint density at radius 3 is 2.91 bits per heavy atom. The number of halogens is 1. The van der Waals surface area contributed by atoms with Gasteiger partial charge in [0.1, 0.15) is 29.3 Å². The number of nitrogens with zero attached hydrogens (tertiary/aromatic N) is 6. The fourth-order valence-corrected chi connectivity index (χ4v) is 4.36. The molecule has 2 aliphatic rings. The van der Waals surface area contributed by atoms with Gasteiger partial charge in [0, 0.05) is 25.0 Å². The number of aliphatic hydroxyl groups is 1. The molecule has 182 valence electrons. The van der Waals surface area contributed by atoms with Gasteiger partial charge in [-0.25, -0.2) is 19.3 Å². The van der Waals surface area contributed by atoms with E-state index < -0.39 is 24.3 Å². The second-order valence-electron chi connectivity index (χ2n) is 8.07. The molecule has 2 aromatic rings. The Balaban J connectivity index is 1.45. The van der Waals surface area contributed by atoms with Crippen LogP contribution in [0.4, 0.5) is 15.3 Å². The van der Waals surface area contributed by atoms with Crippen LogP contribution in [0.1, 0.15) is 30.6 Å². The van der Waals surface area contributed by atoms with Gasteiger partial charge in [-0.3, -0.25) is 4.79 Å². The summed E-state index contributed by atoms with van der Waals surface area (Å²) in [5, 5.41) is 23.9. The number of thiazole rings is 1. The summed E-state index contributed by atoms with van der Waals surface area (Å²) in [5.74, 6) is 0.532. The van der Waals surface area contributed by atoms with Crippen molar-refractivity contribution in [3.05, 3.63) is 52.9 Å². The third-order valence-corrected chi connectivity index (χ3v) is 6.32. The summed E-state index contributed by atoms with van der Waals surface area (Å²) >= 11 is 1.48. The zero-order valence-corrected chi connectivity index (χ0v) is 20.0. The van der Waals surface area contributed by atoms with Crippen LogP contribution in [-0.2, 0) is 9.53 Å². The van der Waals surface area contributed by atoms with Crippen molar-refractivity contribution in [1.29, 1.82) is 5.26 Å². The highest BCUT2D eigenvalue weighted by Gasteiger charge is 2.34. The number of amides is 1. The summed E-state index contributed by atoms with van der Waals surface area (Å²) in [4.78, 5) is 30.3. The summed E-state index contributed by atoms with van der Waals surface area (Å²) in [6, 6.07) is 2.13. The first-order valence-electron chi connectivity index (χ1n) is 11.0. The third-order valence-electron chi connectivity index (χ3n) is 5.49. The molecule has 1 aliphatic carbocycles. The SMILES string of the molecule is Cc1ncc(Nc2ncnc(C3=CCC(C#N)=C(O[C@H]4CCN(C(=O)[C@H](C)O)C[C@H]4F)C=C3)n2)s1. The summed E-state index contributed by atoms with van der Waals surface area (Å²) in [6.45, 7) is 3.35. The van der Waals surface area contributed by atoms with Crippen LogP contribution in [0.3, 0.4) is 0 Å². The molecular weight excluding hydrogens is 473 g/mol. The van der Waals surface area contributed by atoms with Crippen molar-refractivity contribution in [1.82, 2.24) is 24.8 Å². The van der Waals surface area contributed by atoms with Crippen molar-refractivity contribution < 1.29 is 19.0 Å². The quantitative estimate of drug-likeness (QED) is 0.617. The van der Waals surface area contributed by atoms with Crippen LogP contribution in [0.25, 0.3) is 5.57 Å². The Kier molecular flexibility index (Phi) is 7.48. The molecule has 1 saturated heterocycles. The second-order valence-corrected chi connectivity index (χ2v) is 9.31. The van der Waals surface area contributed by atoms with E-state index in [2.05, 4.69) is 31.3 Å². The van der Waals surface area contributed by atoms with E-state index >= 15 is 0 Å². The number of piperidine rings is 1. The second kappa shape index (κ2) is 10.7. The topological polar surface area (TPSA) is 137 Å². The number of likely N-dealkylation sites (tertiary alicyclic amines) is 1. The molecule has 1 fully saturated rings. The molecule has 0 radical (unpaired) electrons. The third kappa shape index (κ3) is 5.87. The van der Waals surface area contributed by atoms with Crippen LogP contribution in [0.2, 0.25) is 0 Å². The smallest absolute Gasteiger partial charge is 0.251 e. The molecule has 0 saturated carbocycles. The fraction of sp³-hybridized carbons (Fsp3) is 0.391. The number of aryl methyl sites for hydroxylation is 1. The van der Waals surface area contributed by atoms with Gasteiger partial charge in [0.05, 0.1) is 29.4 Å². The molecule has 2 N–H and O–H groups in total. The van der Waals surface area contributed by atoms with E-state index in [4.69, 9.17) is 4.74 Å². The van der Waals surface area contributed by atoms with Crippen LogP contribution in [0, 0.1) is 18.3 Å². The molecule has 0 spiro atoms. The summed E-state index contributed by atoms with van der Waals surface area (Å²) < 4.78 is 20.7. The fourth-order valence-electron chi connectivity index (χ4n) is 3.69. The molecule has 3 heterocycles. The Bertz CT molecular complexity index is 1230. The predicted molar refractivity (Wildman–Crippen MR) is 127 cm³/mol. The lowest BCUT2D eigenvalue weighted by Crippen LogP contribution is -2.50. The Hall–Kier alpha value is -3.69. The van der Waals surface area contributed by atoms with E-state index in [1.54, 1.807) is 24.4 Å². The van der Waals surface area contributed by atoms with E-state index in [1.807, 2.05) is 6.92 Å². The monoisotopic (exact) mass is 497 g/mol. The van der Waals surface area contributed by atoms with E-state index in [9.17, 15) is 19.6 Å². The first kappa shape index (κ1) is 24.4. The first-order chi connectivity index (χ1) is 16.8. The molecule has 2 aromatic heterocycles. The largest absolute Gasteiger partial charge is 0.486 e. The number of anilines is 2. The number of allylic oxidation sites excluding steroid dienone is 5. The maximum absolute atomic E-state index is 14.8. The molecule has 1 aliphatic heterocycles. The highest BCUT2D eigenvalue weighted by atomic mass is 32.1. The van der Waals surface area contributed by atoms with Gasteiger partial charge in [-0.15, -0.1) is 11.3 Å². The summed E-state index contributed by atoms with van der Waals surface area (Å²) in [7, 11) is 0. The van der Waals surface area contributed by atoms with Crippen molar-refractivity contribution in [2.75, 3.05) is 18.4 Å². The number of nitrogens with one attached hydrogen (secondary N) is 1. The highest BCUT2D eigenvalue weighted by molar-refractivity contribution is 7.15.